The predicted octanol–water partition coefficient (Wildman–Crippen LogP) is 4.55. The molecular formula is C13H9F3OS. The first-order valence-corrected chi connectivity index (χ1v) is 5.96. The fraction of sp³-hybridized carbons (Fsp3) is 0.154. The molecule has 1 heterocycles. The number of hydrogen-bond acceptors (Lipinski definition) is 2. The fourth-order valence-corrected chi connectivity index (χ4v) is 2.66. The van der Waals surface area contributed by atoms with Crippen molar-refractivity contribution >= 4 is 17.6 Å². The topological polar surface area (TPSA) is 17.1 Å². The molecule has 0 saturated carbocycles. The van der Waals surface area contributed by atoms with Crippen LogP contribution >= 0.6 is 11.3 Å². The van der Waals surface area contributed by atoms with E-state index in [2.05, 4.69) is 0 Å². The van der Waals surface area contributed by atoms with E-state index in [-0.39, 0.29) is 0 Å². The first-order chi connectivity index (χ1) is 8.41. The summed E-state index contributed by atoms with van der Waals surface area (Å²) in [4.78, 5) is 12.0. The van der Waals surface area contributed by atoms with Crippen molar-refractivity contribution in [2.24, 2.45) is 0 Å². The van der Waals surface area contributed by atoms with E-state index in [0.29, 0.717) is 10.4 Å². The average molecular weight is 270 g/mol. The van der Waals surface area contributed by atoms with Crippen LogP contribution in [-0.2, 0) is 6.18 Å². The molecule has 2 rings (SSSR count). The van der Waals surface area contributed by atoms with Gasteiger partial charge in [0.1, 0.15) is 0 Å². The lowest BCUT2D eigenvalue weighted by atomic mass is 10.1. The third-order valence-corrected chi connectivity index (χ3v) is 3.74. The summed E-state index contributed by atoms with van der Waals surface area (Å²) in [5, 5.41) is 0. The molecule has 0 aliphatic carbocycles. The molecule has 1 nitrogen and oxygen atoms in total. The molecule has 1 aromatic carbocycles. The van der Waals surface area contributed by atoms with E-state index in [1.54, 1.807) is 6.07 Å². The molecule has 5 heteroatoms. The Kier molecular flexibility index (Phi) is 3.26. The predicted molar refractivity (Wildman–Crippen MR) is 64.9 cm³/mol. The summed E-state index contributed by atoms with van der Waals surface area (Å²) >= 11 is 1.28. The third kappa shape index (κ3) is 2.46. The van der Waals surface area contributed by atoms with Crippen molar-refractivity contribution in [3.8, 4) is 10.4 Å². The zero-order chi connectivity index (χ0) is 13.3. The van der Waals surface area contributed by atoms with Crippen molar-refractivity contribution < 1.29 is 18.0 Å². The smallest absolute Gasteiger partial charge is 0.297 e. The van der Waals surface area contributed by atoms with Gasteiger partial charge in [-0.05, 0) is 36.2 Å². The molecule has 0 radical (unpaired) electrons. The monoisotopic (exact) mass is 270 g/mol. The summed E-state index contributed by atoms with van der Waals surface area (Å²) in [6.07, 6.45) is -3.58. The van der Waals surface area contributed by atoms with E-state index in [1.807, 2.05) is 6.92 Å². The standard InChI is InChI=1S/C13H9F3OS/c1-8-6-11(7-17)18-12(8)9-2-4-10(5-3-9)13(14,15)16/h2-7H,1H3. The second kappa shape index (κ2) is 4.57. The van der Waals surface area contributed by atoms with Crippen molar-refractivity contribution in [1.82, 2.24) is 0 Å². The highest BCUT2D eigenvalue weighted by Crippen LogP contribution is 2.34. The van der Waals surface area contributed by atoms with Gasteiger partial charge in [-0.1, -0.05) is 12.1 Å². The molecule has 0 unspecified atom stereocenters. The van der Waals surface area contributed by atoms with Crippen LogP contribution in [0.4, 0.5) is 13.2 Å². The number of rotatable bonds is 2. The number of hydrogen-bond donors (Lipinski definition) is 0. The molecule has 2 aromatic rings. The molecular weight excluding hydrogens is 261 g/mol. The van der Waals surface area contributed by atoms with E-state index in [4.69, 9.17) is 0 Å². The first-order valence-electron chi connectivity index (χ1n) is 5.15. The number of carbonyl (C=O) groups excluding carboxylic acids is 1. The molecule has 0 amide bonds. The lowest BCUT2D eigenvalue weighted by molar-refractivity contribution is -0.137. The third-order valence-electron chi connectivity index (χ3n) is 2.53. The number of thiophene rings is 1. The Bertz CT molecular complexity index is 567. The van der Waals surface area contributed by atoms with Gasteiger partial charge in [0.15, 0.2) is 6.29 Å². The zero-order valence-electron chi connectivity index (χ0n) is 9.41. The second-order valence-electron chi connectivity index (χ2n) is 3.85. The molecule has 18 heavy (non-hydrogen) atoms. The number of benzene rings is 1. The minimum Gasteiger partial charge on any atom is -0.297 e. The van der Waals surface area contributed by atoms with Crippen molar-refractivity contribution in [2.45, 2.75) is 13.1 Å². The molecule has 0 aliphatic heterocycles. The Balaban J connectivity index is 2.40. The van der Waals surface area contributed by atoms with Gasteiger partial charge in [-0.3, -0.25) is 4.79 Å². The van der Waals surface area contributed by atoms with E-state index in [1.165, 1.54) is 23.5 Å². The lowest BCUT2D eigenvalue weighted by Crippen LogP contribution is -2.03. The van der Waals surface area contributed by atoms with Gasteiger partial charge in [0, 0.05) is 4.88 Å². The quantitative estimate of drug-likeness (QED) is 0.731. The Morgan fingerprint density at radius 1 is 1.17 bits per heavy atom. The summed E-state index contributed by atoms with van der Waals surface area (Å²) in [7, 11) is 0. The maximum absolute atomic E-state index is 12.4. The summed E-state index contributed by atoms with van der Waals surface area (Å²) in [5.74, 6) is 0. The van der Waals surface area contributed by atoms with Gasteiger partial charge in [0.05, 0.1) is 10.4 Å². The van der Waals surface area contributed by atoms with Gasteiger partial charge < -0.3 is 0 Å². The Hall–Kier alpha value is -1.62. The van der Waals surface area contributed by atoms with Crippen LogP contribution in [0.3, 0.4) is 0 Å². The van der Waals surface area contributed by atoms with Gasteiger partial charge >= 0.3 is 6.18 Å². The highest BCUT2D eigenvalue weighted by Gasteiger charge is 2.30. The molecule has 0 aliphatic rings. The zero-order valence-corrected chi connectivity index (χ0v) is 10.2. The van der Waals surface area contributed by atoms with Crippen molar-refractivity contribution in [1.29, 1.82) is 0 Å². The number of alkyl halides is 3. The van der Waals surface area contributed by atoms with Crippen LogP contribution < -0.4 is 0 Å². The largest absolute Gasteiger partial charge is 0.416 e. The lowest BCUT2D eigenvalue weighted by Gasteiger charge is -2.07. The summed E-state index contributed by atoms with van der Waals surface area (Å²) in [6, 6.07) is 6.68. The van der Waals surface area contributed by atoms with Gasteiger partial charge in [0.2, 0.25) is 0 Å². The van der Waals surface area contributed by atoms with E-state index >= 15 is 0 Å². The molecule has 0 spiro atoms. The van der Waals surface area contributed by atoms with E-state index < -0.39 is 11.7 Å². The number of halogens is 3. The molecule has 1 aromatic heterocycles. The maximum atomic E-state index is 12.4. The van der Waals surface area contributed by atoms with Crippen LogP contribution in [0.2, 0.25) is 0 Å². The molecule has 0 atom stereocenters. The van der Waals surface area contributed by atoms with E-state index in [0.717, 1.165) is 28.9 Å². The Labute approximate surface area is 106 Å². The van der Waals surface area contributed by atoms with Crippen LogP contribution in [0, 0.1) is 6.92 Å². The number of aryl methyl sites for hydroxylation is 1. The van der Waals surface area contributed by atoms with Crippen molar-refractivity contribution in [2.75, 3.05) is 0 Å². The van der Waals surface area contributed by atoms with E-state index in [9.17, 15) is 18.0 Å². The highest BCUT2D eigenvalue weighted by molar-refractivity contribution is 7.17. The second-order valence-corrected chi connectivity index (χ2v) is 4.94. The summed E-state index contributed by atoms with van der Waals surface area (Å²) < 4.78 is 37.2. The SMILES string of the molecule is Cc1cc(C=O)sc1-c1ccc(C(F)(F)F)cc1. The van der Waals surface area contributed by atoms with Gasteiger partial charge in [0.25, 0.3) is 0 Å². The molecule has 0 fully saturated rings. The Morgan fingerprint density at radius 2 is 1.78 bits per heavy atom. The summed E-state index contributed by atoms with van der Waals surface area (Å²) in [5.41, 5.74) is 0.913. The minimum absolute atomic E-state index is 0.572. The van der Waals surface area contributed by atoms with Crippen molar-refractivity contribution in [3.05, 3.63) is 46.3 Å². The highest BCUT2D eigenvalue weighted by atomic mass is 32.1. The van der Waals surface area contributed by atoms with Gasteiger partial charge in [-0.15, -0.1) is 11.3 Å². The number of carbonyl (C=O) groups is 1. The first kappa shape index (κ1) is 12.8. The molecule has 0 N–H and O–H groups in total. The van der Waals surface area contributed by atoms with Gasteiger partial charge in [-0.2, -0.15) is 13.2 Å². The van der Waals surface area contributed by atoms with Crippen LogP contribution in [0.25, 0.3) is 10.4 Å². The van der Waals surface area contributed by atoms with Crippen molar-refractivity contribution in [3.63, 3.8) is 0 Å². The number of aldehydes is 1. The van der Waals surface area contributed by atoms with Crippen LogP contribution in [0.1, 0.15) is 20.8 Å². The van der Waals surface area contributed by atoms with Crippen LogP contribution in [0.5, 0.6) is 0 Å². The minimum atomic E-state index is -4.32. The molecule has 94 valence electrons. The van der Waals surface area contributed by atoms with Gasteiger partial charge in [-0.25, -0.2) is 0 Å². The average Bonchev–Trinajstić information content (AvgIpc) is 2.70. The van der Waals surface area contributed by atoms with Crippen LogP contribution in [-0.4, -0.2) is 6.29 Å². The molecule has 0 bridgehead atoms. The normalized spacial score (nSPS) is 11.6. The maximum Gasteiger partial charge on any atom is 0.416 e. The summed E-state index contributed by atoms with van der Waals surface area (Å²) in [6.45, 7) is 1.83. The van der Waals surface area contributed by atoms with Crippen LogP contribution in [0.15, 0.2) is 30.3 Å². The fourth-order valence-electron chi connectivity index (χ4n) is 1.66. The Morgan fingerprint density at radius 3 is 2.22 bits per heavy atom. The molecule has 0 saturated heterocycles.